The minimum Gasteiger partial charge on any atom is -0.476 e. The minimum atomic E-state index is -0.630. The summed E-state index contributed by atoms with van der Waals surface area (Å²) in [6.07, 6.45) is 7.55. The molecule has 0 aromatic rings. The Hall–Kier alpha value is -3.43. The molecule has 0 atom stereocenters. The van der Waals surface area contributed by atoms with Crippen LogP contribution in [0.15, 0.2) is 51.0 Å². The van der Waals surface area contributed by atoms with Gasteiger partial charge >= 0.3 is 18.0 Å². The summed E-state index contributed by atoms with van der Waals surface area (Å²) < 4.78 is 35.6. The number of unbranched alkanes of at least 4 members (excludes halogenated alkanes) is 3. The molecule has 0 aromatic carbocycles. The van der Waals surface area contributed by atoms with Crippen molar-refractivity contribution in [3.63, 3.8) is 0 Å². The van der Waals surface area contributed by atoms with Crippen molar-refractivity contribution in [2.45, 2.75) is 25.7 Å². The van der Waals surface area contributed by atoms with E-state index in [0.717, 1.165) is 44.4 Å². The summed E-state index contributed by atoms with van der Waals surface area (Å²) in [6, 6.07) is 0. The van der Waals surface area contributed by atoms with Crippen LogP contribution in [0.2, 0.25) is 0 Å². The van der Waals surface area contributed by atoms with Gasteiger partial charge in [-0.15, -0.1) is 0 Å². The first-order valence-corrected chi connectivity index (χ1v) is 13.5. The second-order valence-corrected chi connectivity index (χ2v) is 8.53. The molecule has 1 amide bonds. The minimum absolute atomic E-state index is 0.0827. The van der Waals surface area contributed by atoms with Gasteiger partial charge in [0, 0.05) is 24.6 Å². The van der Waals surface area contributed by atoms with Crippen molar-refractivity contribution in [3.05, 3.63) is 51.0 Å². The third-order valence-electron chi connectivity index (χ3n) is 5.05. The Morgan fingerprint density at radius 1 is 0.619 bits per heavy atom. The predicted molar refractivity (Wildman–Crippen MR) is 151 cm³/mol. The predicted octanol–water partition coefficient (Wildman–Crippen LogP) is 2.73. The van der Waals surface area contributed by atoms with E-state index in [9.17, 15) is 14.4 Å². The van der Waals surface area contributed by atoms with Crippen LogP contribution in [-0.2, 0) is 52.5 Å². The van der Waals surface area contributed by atoms with Crippen molar-refractivity contribution in [2.75, 3.05) is 73.0 Å². The molecule has 0 saturated heterocycles. The molecule has 0 aromatic heterocycles. The monoisotopic (exact) mass is 602 g/mol. The first kappa shape index (κ1) is 38.6. The molecule has 0 bridgehead atoms. The third-order valence-corrected chi connectivity index (χ3v) is 5.05. The first-order valence-electron chi connectivity index (χ1n) is 13.5. The highest BCUT2D eigenvalue weighted by molar-refractivity contribution is 5.81. The van der Waals surface area contributed by atoms with Gasteiger partial charge < -0.3 is 38.5 Å². The van der Waals surface area contributed by atoms with E-state index >= 15 is 0 Å². The molecule has 0 radical (unpaired) electrons. The lowest BCUT2D eigenvalue weighted by Crippen LogP contribution is -2.30. The normalized spacial score (nSPS) is 10.5. The molecule has 2 N–H and O–H groups in total. The standard InChI is InChI=1S/C28H46N2O12/c1-5-26(31)38-17-25(18-39-27(32)6-2)19-40-28(33)30-14-12-10-9-11-13-29-21-42-41-20-24(15-36-22-34-7-3)16-37-23-35-8-4/h5-8,24-25,29H,1-4,9-23H2,(H,30,33). The van der Waals surface area contributed by atoms with Crippen LogP contribution in [0.25, 0.3) is 0 Å². The highest BCUT2D eigenvalue weighted by Gasteiger charge is 2.16. The van der Waals surface area contributed by atoms with Crippen LogP contribution in [0.5, 0.6) is 0 Å². The molecule has 0 unspecified atom stereocenters. The van der Waals surface area contributed by atoms with Gasteiger partial charge in [-0.1, -0.05) is 39.2 Å². The maximum atomic E-state index is 11.9. The Bertz CT molecular complexity index is 725. The average Bonchev–Trinajstić information content (AvgIpc) is 3.00. The Labute approximate surface area is 247 Å². The van der Waals surface area contributed by atoms with Gasteiger partial charge in [0.15, 0.2) is 13.6 Å². The number of rotatable bonds is 30. The fourth-order valence-corrected chi connectivity index (χ4v) is 2.89. The fraction of sp³-hybridized carbons (Fsp3) is 0.607. The molecule has 0 heterocycles. The Morgan fingerprint density at radius 2 is 1.14 bits per heavy atom. The number of ether oxygens (including phenoxy) is 7. The van der Waals surface area contributed by atoms with Crippen molar-refractivity contribution in [1.29, 1.82) is 0 Å². The smallest absolute Gasteiger partial charge is 0.407 e. The van der Waals surface area contributed by atoms with Gasteiger partial charge in [-0.25, -0.2) is 24.2 Å². The molecule has 0 spiro atoms. The molecular weight excluding hydrogens is 556 g/mol. The molecule has 0 rings (SSSR count). The topological polar surface area (TPSA) is 158 Å². The molecule has 240 valence electrons. The van der Waals surface area contributed by atoms with Crippen molar-refractivity contribution in [2.24, 2.45) is 11.8 Å². The van der Waals surface area contributed by atoms with E-state index in [1.807, 2.05) is 0 Å². The molecule has 0 saturated carbocycles. The average molecular weight is 603 g/mol. The molecule has 0 aliphatic rings. The largest absolute Gasteiger partial charge is 0.476 e. The second kappa shape index (κ2) is 29.1. The summed E-state index contributed by atoms with van der Waals surface area (Å²) in [5.41, 5.74) is 0. The highest BCUT2D eigenvalue weighted by atomic mass is 17.2. The van der Waals surface area contributed by atoms with Crippen molar-refractivity contribution >= 4 is 18.0 Å². The lowest BCUT2D eigenvalue weighted by atomic mass is 10.2. The summed E-state index contributed by atoms with van der Waals surface area (Å²) in [5.74, 6) is -1.88. The molecule has 42 heavy (non-hydrogen) atoms. The van der Waals surface area contributed by atoms with Gasteiger partial charge in [0.25, 0.3) is 0 Å². The number of hydrogen-bond acceptors (Lipinski definition) is 13. The zero-order chi connectivity index (χ0) is 31.1. The second-order valence-electron chi connectivity index (χ2n) is 8.53. The number of hydrogen-bond donors (Lipinski definition) is 2. The van der Waals surface area contributed by atoms with E-state index in [-0.39, 0.29) is 52.7 Å². The lowest BCUT2D eigenvalue weighted by molar-refractivity contribution is -0.309. The number of amides is 1. The Morgan fingerprint density at radius 3 is 1.69 bits per heavy atom. The van der Waals surface area contributed by atoms with Gasteiger partial charge in [-0.3, -0.25) is 5.32 Å². The van der Waals surface area contributed by atoms with E-state index in [1.54, 1.807) is 0 Å². The van der Waals surface area contributed by atoms with E-state index < -0.39 is 23.9 Å². The Kier molecular flexibility index (Phi) is 26.7. The van der Waals surface area contributed by atoms with Gasteiger partial charge in [-0.2, -0.15) is 0 Å². The maximum absolute atomic E-state index is 11.9. The number of nitrogens with one attached hydrogen (secondary N) is 2. The van der Waals surface area contributed by atoms with E-state index in [0.29, 0.717) is 19.8 Å². The highest BCUT2D eigenvalue weighted by Crippen LogP contribution is 2.04. The van der Waals surface area contributed by atoms with Crippen LogP contribution >= 0.6 is 0 Å². The molecular formula is C28H46N2O12. The number of carbonyl (C=O) groups is 3. The summed E-state index contributed by atoms with van der Waals surface area (Å²) in [5, 5.41) is 5.78. The van der Waals surface area contributed by atoms with Crippen LogP contribution in [0.3, 0.4) is 0 Å². The van der Waals surface area contributed by atoms with Crippen molar-refractivity contribution in [1.82, 2.24) is 10.6 Å². The molecule has 14 nitrogen and oxygen atoms in total. The molecule has 0 aliphatic heterocycles. The SMILES string of the molecule is C=COCOCC(COCOC=C)COOCNCCCCCCNC(=O)OCC(COC(=O)C=C)COC(=O)C=C. The molecule has 0 fully saturated rings. The van der Waals surface area contributed by atoms with E-state index in [1.165, 1.54) is 12.5 Å². The first-order chi connectivity index (χ1) is 20.5. The summed E-state index contributed by atoms with van der Waals surface area (Å²) >= 11 is 0. The van der Waals surface area contributed by atoms with E-state index in [4.69, 9.17) is 42.9 Å². The van der Waals surface area contributed by atoms with Crippen LogP contribution in [0.4, 0.5) is 4.79 Å². The molecule has 0 aliphatic carbocycles. The zero-order valence-electron chi connectivity index (χ0n) is 24.3. The van der Waals surface area contributed by atoms with Crippen LogP contribution in [-0.4, -0.2) is 91.1 Å². The summed E-state index contributed by atoms with van der Waals surface area (Å²) in [6.45, 7) is 15.7. The number of esters is 2. The van der Waals surface area contributed by atoms with Crippen molar-refractivity contribution in [3.8, 4) is 0 Å². The summed E-state index contributed by atoms with van der Waals surface area (Å²) in [7, 11) is 0. The molecule has 14 heteroatoms. The van der Waals surface area contributed by atoms with Gasteiger partial charge in [0.1, 0.15) is 26.6 Å². The maximum Gasteiger partial charge on any atom is 0.407 e. The van der Waals surface area contributed by atoms with Gasteiger partial charge in [0.05, 0.1) is 38.3 Å². The zero-order valence-corrected chi connectivity index (χ0v) is 24.3. The van der Waals surface area contributed by atoms with E-state index in [2.05, 4.69) is 36.9 Å². The van der Waals surface area contributed by atoms with Crippen LogP contribution in [0.1, 0.15) is 25.7 Å². The lowest BCUT2D eigenvalue weighted by Gasteiger charge is -2.17. The van der Waals surface area contributed by atoms with Crippen LogP contribution in [0, 0.1) is 11.8 Å². The number of carbonyl (C=O) groups excluding carboxylic acids is 3. The van der Waals surface area contributed by atoms with Crippen LogP contribution < -0.4 is 10.6 Å². The number of alkyl carbamates (subject to hydrolysis) is 1. The van der Waals surface area contributed by atoms with Gasteiger partial charge in [-0.05, 0) is 19.4 Å². The van der Waals surface area contributed by atoms with Gasteiger partial charge in [0.2, 0.25) is 0 Å². The Balaban J connectivity index is 3.87. The summed E-state index contributed by atoms with van der Waals surface area (Å²) in [4.78, 5) is 44.9. The van der Waals surface area contributed by atoms with Crippen molar-refractivity contribution < 1.29 is 57.3 Å². The third kappa shape index (κ3) is 25.5. The fourth-order valence-electron chi connectivity index (χ4n) is 2.89. The quantitative estimate of drug-likeness (QED) is 0.0181.